The number of rotatable bonds is 10. The molecule has 2 rings (SSSR count). The molecule has 2 aromatic rings. The molecule has 8 nitrogen and oxygen atoms in total. The van der Waals surface area contributed by atoms with Crippen LogP contribution in [-0.2, 0) is 26.2 Å². The summed E-state index contributed by atoms with van der Waals surface area (Å²) in [5, 5.41) is 3.48. The Balaban J connectivity index is 2.48. The fraction of sp³-hybridized carbons (Fsp3) is 0.391. The largest absolute Gasteiger partial charge is 0.495 e. The first-order valence-electron chi connectivity index (χ1n) is 10.5. The molecule has 0 unspecified atom stereocenters. The molecule has 0 fully saturated rings. The van der Waals surface area contributed by atoms with E-state index < -0.39 is 28.5 Å². The highest BCUT2D eigenvalue weighted by atomic mass is 35.5. The van der Waals surface area contributed by atoms with Crippen molar-refractivity contribution >= 4 is 50.7 Å². The van der Waals surface area contributed by atoms with Crippen LogP contribution < -0.4 is 14.4 Å². The van der Waals surface area contributed by atoms with Gasteiger partial charge in [0.25, 0.3) is 0 Å². The zero-order valence-corrected chi connectivity index (χ0v) is 22.0. The van der Waals surface area contributed by atoms with Crippen LogP contribution in [0.5, 0.6) is 5.75 Å². The highest BCUT2D eigenvalue weighted by Gasteiger charge is 2.31. The molecule has 1 N–H and O–H groups in total. The second kappa shape index (κ2) is 11.8. The van der Waals surface area contributed by atoms with Crippen LogP contribution in [0.2, 0.25) is 10.0 Å². The summed E-state index contributed by atoms with van der Waals surface area (Å²) in [6, 6.07) is 10.4. The first-order chi connectivity index (χ1) is 15.8. The smallest absolute Gasteiger partial charge is 0.244 e. The Morgan fingerprint density at radius 3 is 2.29 bits per heavy atom. The first-order valence-corrected chi connectivity index (χ1v) is 13.1. The molecular formula is C23H29Cl2N3O5S. The third kappa shape index (κ3) is 7.25. The summed E-state index contributed by atoms with van der Waals surface area (Å²) < 4.78 is 31.6. The highest BCUT2D eigenvalue weighted by Crippen LogP contribution is 2.33. The van der Waals surface area contributed by atoms with Gasteiger partial charge >= 0.3 is 0 Å². The molecule has 0 saturated heterocycles. The van der Waals surface area contributed by atoms with Crippen molar-refractivity contribution in [2.45, 2.75) is 39.4 Å². The molecular weight excluding hydrogens is 501 g/mol. The maximum atomic E-state index is 13.5. The SMILES string of the molecule is COc1ccc(Cl)cc1N(CC(=O)N(Cc1ccccc1Cl)[C@H](C)C(=O)NC(C)C)S(C)(=O)=O. The lowest BCUT2D eigenvalue weighted by Crippen LogP contribution is -2.52. The van der Waals surface area contributed by atoms with Gasteiger partial charge in [-0.25, -0.2) is 8.42 Å². The minimum atomic E-state index is -3.92. The maximum absolute atomic E-state index is 13.5. The average Bonchev–Trinajstić information content (AvgIpc) is 2.75. The maximum Gasteiger partial charge on any atom is 0.244 e. The predicted octanol–water partition coefficient (Wildman–Crippen LogP) is 3.71. The van der Waals surface area contributed by atoms with E-state index in [0.29, 0.717) is 10.6 Å². The van der Waals surface area contributed by atoms with E-state index in [2.05, 4.69) is 5.32 Å². The number of halogens is 2. The Hall–Kier alpha value is -2.49. The van der Waals surface area contributed by atoms with Gasteiger partial charge in [-0.1, -0.05) is 41.4 Å². The Bertz CT molecular complexity index is 1140. The van der Waals surface area contributed by atoms with Crippen molar-refractivity contribution in [2.24, 2.45) is 0 Å². The van der Waals surface area contributed by atoms with Gasteiger partial charge in [-0.15, -0.1) is 0 Å². The molecule has 2 amide bonds. The van der Waals surface area contributed by atoms with Crippen molar-refractivity contribution in [3.05, 3.63) is 58.1 Å². The van der Waals surface area contributed by atoms with E-state index in [-0.39, 0.29) is 35.0 Å². The van der Waals surface area contributed by atoms with Crippen molar-refractivity contribution in [3.8, 4) is 5.75 Å². The topological polar surface area (TPSA) is 96.0 Å². The van der Waals surface area contributed by atoms with E-state index >= 15 is 0 Å². The molecule has 0 aromatic heterocycles. The molecule has 0 heterocycles. The van der Waals surface area contributed by atoms with Crippen LogP contribution in [0.3, 0.4) is 0 Å². The van der Waals surface area contributed by atoms with Crippen LogP contribution in [0, 0.1) is 0 Å². The van der Waals surface area contributed by atoms with Gasteiger partial charge in [0, 0.05) is 22.6 Å². The van der Waals surface area contributed by atoms with Gasteiger partial charge in [-0.2, -0.15) is 0 Å². The lowest BCUT2D eigenvalue weighted by Gasteiger charge is -2.32. The molecule has 11 heteroatoms. The molecule has 34 heavy (non-hydrogen) atoms. The number of ether oxygens (including phenoxy) is 1. The van der Waals surface area contributed by atoms with Gasteiger partial charge in [0.2, 0.25) is 21.8 Å². The summed E-state index contributed by atoms with van der Waals surface area (Å²) in [4.78, 5) is 27.6. The average molecular weight is 530 g/mol. The minimum Gasteiger partial charge on any atom is -0.495 e. The quantitative estimate of drug-likeness (QED) is 0.506. The summed E-state index contributed by atoms with van der Waals surface area (Å²) in [7, 11) is -2.54. The monoisotopic (exact) mass is 529 g/mol. The summed E-state index contributed by atoms with van der Waals surface area (Å²) in [5.74, 6) is -0.744. The second-order valence-corrected chi connectivity index (χ2v) is 10.8. The molecule has 0 aliphatic rings. The number of sulfonamides is 1. The van der Waals surface area contributed by atoms with Crippen molar-refractivity contribution in [2.75, 3.05) is 24.2 Å². The Morgan fingerprint density at radius 2 is 1.74 bits per heavy atom. The third-order valence-corrected chi connectivity index (χ3v) is 6.72. The molecule has 0 radical (unpaired) electrons. The Labute approximate surface area is 210 Å². The molecule has 0 bridgehead atoms. The predicted molar refractivity (Wildman–Crippen MR) is 135 cm³/mol. The van der Waals surface area contributed by atoms with Gasteiger partial charge in [0.1, 0.15) is 18.3 Å². The van der Waals surface area contributed by atoms with Crippen molar-refractivity contribution in [1.29, 1.82) is 0 Å². The van der Waals surface area contributed by atoms with Crippen LogP contribution in [-0.4, -0.2) is 57.1 Å². The van der Waals surface area contributed by atoms with Gasteiger partial charge in [-0.3, -0.25) is 13.9 Å². The normalized spacial score (nSPS) is 12.2. The number of hydrogen-bond donors (Lipinski definition) is 1. The molecule has 186 valence electrons. The van der Waals surface area contributed by atoms with Crippen LogP contribution >= 0.6 is 23.2 Å². The molecule has 1 atom stereocenters. The van der Waals surface area contributed by atoms with Gasteiger partial charge in [-0.05, 0) is 50.6 Å². The van der Waals surface area contributed by atoms with E-state index in [1.54, 1.807) is 37.3 Å². The molecule has 2 aromatic carbocycles. The van der Waals surface area contributed by atoms with E-state index in [0.717, 1.165) is 10.6 Å². The van der Waals surface area contributed by atoms with E-state index in [1.807, 2.05) is 13.8 Å². The van der Waals surface area contributed by atoms with Crippen LogP contribution in [0.15, 0.2) is 42.5 Å². The molecule has 0 aliphatic heterocycles. The zero-order valence-electron chi connectivity index (χ0n) is 19.7. The number of carbonyl (C=O) groups is 2. The van der Waals surface area contributed by atoms with E-state index in [1.165, 1.54) is 24.1 Å². The summed E-state index contributed by atoms with van der Waals surface area (Å²) in [6.45, 7) is 4.63. The standard InChI is InChI=1S/C23H29Cl2N3O5S/c1-15(2)26-23(30)16(3)27(13-17-8-6-7-9-19(17)25)22(29)14-28(34(5,31)32)20-12-18(24)10-11-21(20)33-4/h6-12,15-16H,13-14H2,1-5H3,(H,26,30)/t16-/m1/s1. The van der Waals surface area contributed by atoms with Crippen LogP contribution in [0.4, 0.5) is 5.69 Å². The summed E-state index contributed by atoms with van der Waals surface area (Å²) in [6.07, 6.45) is 0.980. The fourth-order valence-electron chi connectivity index (χ4n) is 3.25. The Morgan fingerprint density at radius 1 is 1.09 bits per heavy atom. The van der Waals surface area contributed by atoms with Crippen LogP contribution in [0.25, 0.3) is 0 Å². The summed E-state index contributed by atoms with van der Waals surface area (Å²) >= 11 is 12.4. The number of hydrogen-bond acceptors (Lipinski definition) is 5. The number of methoxy groups -OCH3 is 1. The lowest BCUT2D eigenvalue weighted by atomic mass is 10.1. The summed E-state index contributed by atoms with van der Waals surface area (Å²) in [5.41, 5.74) is 0.732. The number of nitrogens with one attached hydrogen (secondary N) is 1. The van der Waals surface area contributed by atoms with Crippen molar-refractivity contribution in [1.82, 2.24) is 10.2 Å². The molecule has 0 saturated carbocycles. The number of nitrogens with zero attached hydrogens (tertiary/aromatic N) is 2. The van der Waals surface area contributed by atoms with Gasteiger partial charge in [0.15, 0.2) is 0 Å². The second-order valence-electron chi connectivity index (χ2n) is 8.04. The van der Waals surface area contributed by atoms with Gasteiger partial charge in [0.05, 0.1) is 19.1 Å². The van der Waals surface area contributed by atoms with E-state index in [9.17, 15) is 18.0 Å². The van der Waals surface area contributed by atoms with Crippen molar-refractivity contribution in [3.63, 3.8) is 0 Å². The van der Waals surface area contributed by atoms with Crippen molar-refractivity contribution < 1.29 is 22.7 Å². The fourth-order valence-corrected chi connectivity index (χ4v) is 4.46. The third-order valence-electron chi connectivity index (χ3n) is 4.99. The molecule has 0 spiro atoms. The minimum absolute atomic E-state index is 0.00940. The Kier molecular flexibility index (Phi) is 9.61. The number of amides is 2. The zero-order chi connectivity index (χ0) is 25.6. The number of benzene rings is 2. The number of anilines is 1. The highest BCUT2D eigenvalue weighted by molar-refractivity contribution is 7.92. The first kappa shape index (κ1) is 27.8. The van der Waals surface area contributed by atoms with Gasteiger partial charge < -0.3 is 15.0 Å². The van der Waals surface area contributed by atoms with E-state index in [4.69, 9.17) is 27.9 Å². The lowest BCUT2D eigenvalue weighted by molar-refractivity contribution is -0.139. The van der Waals surface area contributed by atoms with Crippen LogP contribution in [0.1, 0.15) is 26.3 Å². The molecule has 0 aliphatic carbocycles. The number of carbonyl (C=O) groups excluding carboxylic acids is 2.